The summed E-state index contributed by atoms with van der Waals surface area (Å²) >= 11 is 0. The fourth-order valence-corrected chi connectivity index (χ4v) is 5.73. The molecule has 2 aromatic carbocycles. The predicted molar refractivity (Wildman–Crippen MR) is 135 cm³/mol. The van der Waals surface area contributed by atoms with Crippen LogP contribution in [0.3, 0.4) is 0 Å². The number of anilines is 1. The van der Waals surface area contributed by atoms with Gasteiger partial charge in [0.1, 0.15) is 0 Å². The summed E-state index contributed by atoms with van der Waals surface area (Å²) in [5, 5.41) is 10.5. The van der Waals surface area contributed by atoms with Crippen LogP contribution in [0.15, 0.2) is 48.5 Å². The minimum Gasteiger partial charge on any atom is -0.385 e. The highest BCUT2D eigenvalue weighted by Crippen LogP contribution is 2.41. The molecule has 9 heteroatoms. The van der Waals surface area contributed by atoms with E-state index in [9.17, 15) is 23.1 Å². The number of halogens is 3. The third kappa shape index (κ3) is 5.35. The van der Waals surface area contributed by atoms with E-state index in [0.717, 1.165) is 30.9 Å². The molecule has 37 heavy (non-hydrogen) atoms. The highest BCUT2D eigenvalue weighted by molar-refractivity contribution is 5.94. The first kappa shape index (κ1) is 26.0. The summed E-state index contributed by atoms with van der Waals surface area (Å²) in [4.78, 5) is 16.9. The zero-order valence-electron chi connectivity index (χ0n) is 21.0. The Labute approximate surface area is 216 Å². The number of ether oxygens (including phenoxy) is 2. The van der Waals surface area contributed by atoms with Crippen molar-refractivity contribution >= 4 is 11.6 Å². The number of aliphatic hydroxyl groups is 1. The van der Waals surface area contributed by atoms with Gasteiger partial charge in [0.15, 0.2) is 0 Å². The van der Waals surface area contributed by atoms with Crippen molar-refractivity contribution in [2.75, 3.05) is 44.8 Å². The molecule has 1 N–H and O–H groups in total. The SMILES string of the molecule is COCC1CN(c2cccc(C(F)(F)F)c2)CC2(CCN(C(=O)c3ccc(C4(O)CCC4)cc3)CC2)O1.[HH]. The first-order valence-electron chi connectivity index (χ1n) is 12.8. The Morgan fingerprint density at radius 2 is 1.84 bits per heavy atom. The Kier molecular flexibility index (Phi) is 6.98. The van der Waals surface area contributed by atoms with Gasteiger partial charge in [-0.15, -0.1) is 0 Å². The lowest BCUT2D eigenvalue weighted by Gasteiger charge is -2.50. The summed E-state index contributed by atoms with van der Waals surface area (Å²) in [5.74, 6) is -0.0685. The number of piperidine rings is 1. The number of amides is 1. The average molecular weight is 521 g/mol. The zero-order chi connectivity index (χ0) is 26.3. The molecule has 1 saturated carbocycles. The lowest BCUT2D eigenvalue weighted by molar-refractivity contribution is -0.145. The van der Waals surface area contributed by atoms with Crippen LogP contribution >= 0.6 is 0 Å². The van der Waals surface area contributed by atoms with E-state index in [1.54, 1.807) is 30.2 Å². The molecule has 0 bridgehead atoms. The minimum absolute atomic E-state index is 0. The second-order valence-electron chi connectivity index (χ2n) is 10.6. The number of carbonyl (C=O) groups is 1. The van der Waals surface area contributed by atoms with Crippen molar-refractivity contribution < 1.29 is 34.0 Å². The standard InChI is InChI=1S/C28H33F3N2O4.H2/c1-36-18-24-17-33(23-5-2-4-22(16-23)28(29,30)31)19-26(37-24)12-14-32(15-13-26)25(34)20-6-8-21(9-7-20)27(35)10-3-11-27;/h2,4-9,16,24,35H,3,10-15,17-19H2,1H3;1H. The number of carbonyl (C=O) groups excluding carboxylic acids is 1. The summed E-state index contributed by atoms with van der Waals surface area (Å²) in [6.07, 6.45) is -1.05. The van der Waals surface area contributed by atoms with Gasteiger partial charge in [-0.3, -0.25) is 4.79 Å². The number of morpholine rings is 1. The summed E-state index contributed by atoms with van der Waals surface area (Å²) in [7, 11) is 1.58. The van der Waals surface area contributed by atoms with E-state index >= 15 is 0 Å². The molecule has 0 radical (unpaired) electrons. The van der Waals surface area contributed by atoms with Gasteiger partial charge in [-0.25, -0.2) is 0 Å². The van der Waals surface area contributed by atoms with Crippen molar-refractivity contribution in [2.45, 2.75) is 55.6 Å². The Hall–Kier alpha value is -2.62. The van der Waals surface area contributed by atoms with Crippen LogP contribution in [-0.4, -0.2) is 67.5 Å². The maximum Gasteiger partial charge on any atom is 0.416 e. The lowest BCUT2D eigenvalue weighted by Crippen LogP contribution is -2.61. The van der Waals surface area contributed by atoms with Gasteiger partial charge in [0.05, 0.1) is 29.5 Å². The van der Waals surface area contributed by atoms with E-state index in [1.165, 1.54) is 12.1 Å². The summed E-state index contributed by atoms with van der Waals surface area (Å²) in [6.45, 7) is 2.18. The van der Waals surface area contributed by atoms with Gasteiger partial charge in [-0.2, -0.15) is 13.2 Å². The molecule has 202 valence electrons. The molecule has 2 aliphatic heterocycles. The molecule has 1 unspecified atom stereocenters. The molecule has 2 heterocycles. The first-order chi connectivity index (χ1) is 17.6. The van der Waals surface area contributed by atoms with Crippen LogP contribution < -0.4 is 4.90 Å². The van der Waals surface area contributed by atoms with E-state index in [2.05, 4.69) is 0 Å². The molecule has 6 nitrogen and oxygen atoms in total. The normalized spacial score (nSPS) is 23.1. The summed E-state index contributed by atoms with van der Waals surface area (Å²) in [6, 6.07) is 12.6. The monoisotopic (exact) mass is 520 g/mol. The molecule has 2 saturated heterocycles. The fraction of sp³-hybridized carbons (Fsp3) is 0.536. The van der Waals surface area contributed by atoms with E-state index < -0.39 is 22.9 Å². The number of nitrogens with zero attached hydrogens (tertiary/aromatic N) is 2. The maximum absolute atomic E-state index is 13.3. The van der Waals surface area contributed by atoms with Crippen LogP contribution in [0.2, 0.25) is 0 Å². The van der Waals surface area contributed by atoms with Crippen molar-refractivity contribution in [2.24, 2.45) is 0 Å². The molecule has 1 spiro atoms. The van der Waals surface area contributed by atoms with Gasteiger partial charge in [-0.05, 0) is 68.0 Å². The van der Waals surface area contributed by atoms with Gasteiger partial charge < -0.3 is 24.4 Å². The largest absolute Gasteiger partial charge is 0.416 e. The molecule has 5 rings (SSSR count). The smallest absolute Gasteiger partial charge is 0.385 e. The number of likely N-dealkylation sites (tertiary alicyclic amines) is 1. The van der Waals surface area contributed by atoms with Gasteiger partial charge in [-0.1, -0.05) is 18.2 Å². The summed E-state index contributed by atoms with van der Waals surface area (Å²) < 4.78 is 51.8. The molecule has 2 aromatic rings. The van der Waals surface area contributed by atoms with E-state index in [-0.39, 0.29) is 13.4 Å². The second-order valence-corrected chi connectivity index (χ2v) is 10.6. The maximum atomic E-state index is 13.3. The molecule has 1 amide bonds. The van der Waals surface area contributed by atoms with Crippen molar-refractivity contribution in [3.8, 4) is 0 Å². The molecule has 3 aliphatic rings. The van der Waals surface area contributed by atoms with Gasteiger partial charge in [0.25, 0.3) is 5.91 Å². The molecule has 1 atom stereocenters. The van der Waals surface area contributed by atoms with Crippen LogP contribution in [0.4, 0.5) is 18.9 Å². The van der Waals surface area contributed by atoms with Crippen LogP contribution in [0.25, 0.3) is 0 Å². The topological polar surface area (TPSA) is 62.2 Å². The second kappa shape index (κ2) is 9.93. The molecule has 0 aromatic heterocycles. The number of rotatable bonds is 5. The molecule has 3 fully saturated rings. The van der Waals surface area contributed by atoms with Gasteiger partial charge in [0.2, 0.25) is 0 Å². The van der Waals surface area contributed by atoms with Gasteiger partial charge in [0, 0.05) is 46.0 Å². The number of alkyl halides is 3. The lowest BCUT2D eigenvalue weighted by atomic mass is 9.75. The van der Waals surface area contributed by atoms with Crippen LogP contribution in [0.1, 0.15) is 55.0 Å². The first-order valence-corrected chi connectivity index (χ1v) is 12.8. The zero-order valence-corrected chi connectivity index (χ0v) is 21.0. The Balaban J connectivity index is 0.00000336. The molecular weight excluding hydrogens is 485 g/mol. The average Bonchev–Trinajstić information content (AvgIpc) is 2.87. The van der Waals surface area contributed by atoms with Crippen molar-refractivity contribution in [3.63, 3.8) is 0 Å². The van der Waals surface area contributed by atoms with Crippen LogP contribution in [0.5, 0.6) is 0 Å². The third-order valence-corrected chi connectivity index (χ3v) is 8.02. The van der Waals surface area contributed by atoms with Gasteiger partial charge >= 0.3 is 6.18 Å². The Morgan fingerprint density at radius 3 is 2.43 bits per heavy atom. The predicted octanol–water partition coefficient (Wildman–Crippen LogP) is 4.85. The number of benzene rings is 2. The quantitative estimate of drug-likeness (QED) is 0.611. The third-order valence-electron chi connectivity index (χ3n) is 8.02. The van der Waals surface area contributed by atoms with E-state index in [1.807, 2.05) is 17.0 Å². The minimum atomic E-state index is -4.41. The molecule has 1 aliphatic carbocycles. The Morgan fingerprint density at radius 1 is 1.14 bits per heavy atom. The highest BCUT2D eigenvalue weighted by Gasteiger charge is 2.44. The van der Waals surface area contributed by atoms with Crippen LogP contribution in [0, 0.1) is 0 Å². The highest BCUT2D eigenvalue weighted by atomic mass is 19.4. The summed E-state index contributed by atoms with van der Waals surface area (Å²) in [5.41, 5.74) is -0.0849. The Bertz CT molecular complexity index is 1120. The van der Waals surface area contributed by atoms with E-state index in [4.69, 9.17) is 9.47 Å². The number of hydrogen-bond acceptors (Lipinski definition) is 5. The van der Waals surface area contributed by atoms with E-state index in [0.29, 0.717) is 56.9 Å². The fourth-order valence-electron chi connectivity index (χ4n) is 5.73. The molecular formula is C28H35F3N2O4. The number of methoxy groups -OCH3 is 1. The van der Waals surface area contributed by atoms with Crippen molar-refractivity contribution in [1.29, 1.82) is 0 Å². The number of hydrogen-bond donors (Lipinski definition) is 1. The van der Waals surface area contributed by atoms with Crippen LogP contribution in [-0.2, 0) is 21.3 Å². The van der Waals surface area contributed by atoms with Crippen molar-refractivity contribution in [1.82, 2.24) is 4.90 Å². The van der Waals surface area contributed by atoms with Crippen molar-refractivity contribution in [3.05, 3.63) is 65.2 Å².